The van der Waals surface area contributed by atoms with Gasteiger partial charge in [-0.3, -0.25) is 14.4 Å². The molecule has 3 N–H and O–H groups in total. The number of aryl methyl sites for hydroxylation is 1. The molecule has 0 saturated heterocycles. The molecule has 3 amide bonds. The molecular weight excluding hydrogens is 503 g/mol. The van der Waals surface area contributed by atoms with Gasteiger partial charge >= 0.3 is 11.8 Å². The van der Waals surface area contributed by atoms with Crippen LogP contribution in [0.15, 0.2) is 59.7 Å². The Bertz CT molecular complexity index is 1360. The van der Waals surface area contributed by atoms with E-state index >= 15 is 0 Å². The molecule has 37 heavy (non-hydrogen) atoms. The number of nitrogens with zero attached hydrogens (tertiary/aromatic N) is 1. The molecule has 0 aromatic heterocycles. The molecule has 3 aromatic carbocycles. The van der Waals surface area contributed by atoms with E-state index in [2.05, 4.69) is 21.2 Å². The van der Waals surface area contributed by atoms with Gasteiger partial charge in [-0.15, -0.1) is 0 Å². The Balaban J connectivity index is 1.60. The summed E-state index contributed by atoms with van der Waals surface area (Å²) in [6, 6.07) is 14.0. The summed E-state index contributed by atoms with van der Waals surface area (Å²) in [5.41, 5.74) is 4.93. The molecule has 0 radical (unpaired) electrons. The fourth-order valence-electron chi connectivity index (χ4n) is 3.12. The molecule has 11 heteroatoms. The van der Waals surface area contributed by atoms with Gasteiger partial charge in [0.15, 0.2) is 18.1 Å². The lowest BCUT2D eigenvalue weighted by atomic mass is 10.1. The number of carbonyl (C=O) groups is 3. The van der Waals surface area contributed by atoms with Gasteiger partial charge in [0.1, 0.15) is 5.82 Å². The summed E-state index contributed by atoms with van der Waals surface area (Å²) in [6.45, 7) is 3.27. The zero-order chi connectivity index (χ0) is 26.9. The van der Waals surface area contributed by atoms with E-state index in [0.29, 0.717) is 11.3 Å². The third kappa shape index (κ3) is 7.28. The number of carbonyl (C=O) groups excluding carboxylic acids is 3. The number of hydrogen-bond donors (Lipinski definition) is 3. The lowest BCUT2D eigenvalue weighted by Crippen LogP contribution is -2.32. The first-order valence-electron chi connectivity index (χ1n) is 10.9. The van der Waals surface area contributed by atoms with Crippen LogP contribution in [0.1, 0.15) is 16.7 Å². The van der Waals surface area contributed by atoms with Crippen molar-refractivity contribution in [2.45, 2.75) is 13.8 Å². The maximum atomic E-state index is 13.7. The standard InChI is InChI=1S/C26H24ClFN4O5/c1-15-7-6-10-20(16(15)2)31-25(34)26(35)32-29-13-17-11-18(27)24(22(12-17)36-3)37-14-23(33)30-21-9-5-4-8-19(21)28/h4-13H,14H2,1-3H3,(H,30,33)(H,31,34)(H,32,35)/b29-13-. The summed E-state index contributed by atoms with van der Waals surface area (Å²) >= 11 is 6.28. The Kier molecular flexibility index (Phi) is 9.17. The van der Waals surface area contributed by atoms with Crippen LogP contribution in [0.2, 0.25) is 5.02 Å². The van der Waals surface area contributed by atoms with E-state index in [1.165, 1.54) is 43.7 Å². The van der Waals surface area contributed by atoms with Crippen molar-refractivity contribution in [1.29, 1.82) is 0 Å². The van der Waals surface area contributed by atoms with Crippen LogP contribution >= 0.6 is 11.6 Å². The number of methoxy groups -OCH3 is 1. The predicted octanol–water partition coefficient (Wildman–Crippen LogP) is 4.21. The van der Waals surface area contributed by atoms with Crippen LogP contribution in [-0.2, 0) is 14.4 Å². The van der Waals surface area contributed by atoms with Crippen molar-refractivity contribution in [3.8, 4) is 11.5 Å². The Morgan fingerprint density at radius 3 is 2.46 bits per heavy atom. The SMILES string of the molecule is COc1cc(/C=N\NC(=O)C(=O)Nc2cccc(C)c2C)cc(Cl)c1OCC(=O)Nc1ccccc1F. The second-order valence-corrected chi connectivity index (χ2v) is 8.16. The van der Waals surface area contributed by atoms with E-state index in [-0.39, 0.29) is 22.2 Å². The molecule has 0 aliphatic rings. The third-order valence-corrected chi connectivity index (χ3v) is 5.47. The van der Waals surface area contributed by atoms with Crippen molar-refractivity contribution in [3.05, 3.63) is 82.1 Å². The van der Waals surface area contributed by atoms with Crippen LogP contribution < -0.4 is 25.5 Å². The van der Waals surface area contributed by atoms with Crippen molar-refractivity contribution in [1.82, 2.24) is 5.43 Å². The Morgan fingerprint density at radius 2 is 1.73 bits per heavy atom. The number of ether oxygens (including phenoxy) is 2. The predicted molar refractivity (Wildman–Crippen MR) is 139 cm³/mol. The first kappa shape index (κ1) is 27.2. The number of nitrogens with one attached hydrogen (secondary N) is 3. The zero-order valence-corrected chi connectivity index (χ0v) is 21.0. The second kappa shape index (κ2) is 12.5. The molecule has 0 spiro atoms. The summed E-state index contributed by atoms with van der Waals surface area (Å²) in [4.78, 5) is 36.4. The third-order valence-electron chi connectivity index (χ3n) is 5.19. The van der Waals surface area contributed by atoms with Crippen molar-refractivity contribution in [3.63, 3.8) is 0 Å². The molecular formula is C26H24ClFN4O5. The monoisotopic (exact) mass is 526 g/mol. The lowest BCUT2D eigenvalue weighted by Gasteiger charge is -2.13. The molecule has 0 bridgehead atoms. The lowest BCUT2D eigenvalue weighted by molar-refractivity contribution is -0.136. The van der Waals surface area contributed by atoms with E-state index in [9.17, 15) is 18.8 Å². The summed E-state index contributed by atoms with van der Waals surface area (Å²) in [7, 11) is 1.37. The number of para-hydroxylation sites is 1. The van der Waals surface area contributed by atoms with E-state index in [1.54, 1.807) is 18.2 Å². The van der Waals surface area contributed by atoms with Crippen LogP contribution in [0.3, 0.4) is 0 Å². The second-order valence-electron chi connectivity index (χ2n) is 7.75. The molecule has 0 saturated carbocycles. The van der Waals surface area contributed by atoms with E-state index < -0.39 is 30.1 Å². The first-order valence-corrected chi connectivity index (χ1v) is 11.3. The molecule has 0 fully saturated rings. The minimum atomic E-state index is -0.962. The van der Waals surface area contributed by atoms with Crippen LogP contribution in [0, 0.1) is 19.7 Å². The smallest absolute Gasteiger partial charge is 0.329 e. The highest BCUT2D eigenvalue weighted by Gasteiger charge is 2.16. The van der Waals surface area contributed by atoms with E-state index in [4.69, 9.17) is 21.1 Å². The molecule has 192 valence electrons. The van der Waals surface area contributed by atoms with Crippen LogP contribution in [0.4, 0.5) is 15.8 Å². The van der Waals surface area contributed by atoms with Gasteiger partial charge in [-0.1, -0.05) is 35.9 Å². The van der Waals surface area contributed by atoms with Gasteiger partial charge < -0.3 is 20.1 Å². The molecule has 3 rings (SSSR count). The van der Waals surface area contributed by atoms with Crippen molar-refractivity contribution >= 4 is 46.9 Å². The van der Waals surface area contributed by atoms with Gasteiger partial charge in [-0.05, 0) is 60.9 Å². The fourth-order valence-corrected chi connectivity index (χ4v) is 3.40. The van der Waals surface area contributed by atoms with Gasteiger partial charge in [0.2, 0.25) is 0 Å². The van der Waals surface area contributed by atoms with Crippen molar-refractivity contribution in [2.24, 2.45) is 5.10 Å². The Hall–Kier alpha value is -4.44. The average molecular weight is 527 g/mol. The summed E-state index contributed by atoms with van der Waals surface area (Å²) in [6.07, 6.45) is 1.26. The summed E-state index contributed by atoms with van der Waals surface area (Å²) < 4.78 is 24.5. The average Bonchev–Trinajstić information content (AvgIpc) is 2.87. The first-order chi connectivity index (χ1) is 17.7. The largest absolute Gasteiger partial charge is 0.493 e. The highest BCUT2D eigenvalue weighted by atomic mass is 35.5. The van der Waals surface area contributed by atoms with Gasteiger partial charge in [0.25, 0.3) is 5.91 Å². The molecule has 0 aliphatic heterocycles. The number of benzene rings is 3. The molecule has 0 unspecified atom stereocenters. The fraction of sp³-hybridized carbons (Fsp3) is 0.154. The van der Waals surface area contributed by atoms with Crippen LogP contribution in [0.25, 0.3) is 0 Å². The number of amides is 3. The quantitative estimate of drug-likeness (QED) is 0.231. The normalized spacial score (nSPS) is 10.6. The maximum Gasteiger partial charge on any atom is 0.329 e. The number of hydrazone groups is 1. The van der Waals surface area contributed by atoms with Crippen LogP contribution in [0.5, 0.6) is 11.5 Å². The number of hydrogen-bond acceptors (Lipinski definition) is 6. The Morgan fingerprint density at radius 1 is 1.00 bits per heavy atom. The maximum absolute atomic E-state index is 13.7. The molecule has 0 atom stereocenters. The molecule has 3 aromatic rings. The van der Waals surface area contributed by atoms with Gasteiger partial charge in [0, 0.05) is 5.69 Å². The Labute approximate surface area is 217 Å². The highest BCUT2D eigenvalue weighted by molar-refractivity contribution is 6.39. The summed E-state index contributed by atoms with van der Waals surface area (Å²) in [5, 5.41) is 8.82. The summed E-state index contributed by atoms with van der Waals surface area (Å²) in [5.74, 6) is -2.75. The van der Waals surface area contributed by atoms with Gasteiger partial charge in [-0.25, -0.2) is 9.82 Å². The minimum Gasteiger partial charge on any atom is -0.493 e. The molecule has 0 aliphatic carbocycles. The highest BCUT2D eigenvalue weighted by Crippen LogP contribution is 2.36. The topological polar surface area (TPSA) is 118 Å². The van der Waals surface area contributed by atoms with Gasteiger partial charge in [-0.2, -0.15) is 5.10 Å². The van der Waals surface area contributed by atoms with Crippen LogP contribution in [-0.4, -0.2) is 37.7 Å². The van der Waals surface area contributed by atoms with E-state index in [0.717, 1.165) is 11.1 Å². The zero-order valence-electron chi connectivity index (χ0n) is 20.2. The molecule has 0 heterocycles. The number of halogens is 2. The van der Waals surface area contributed by atoms with E-state index in [1.807, 2.05) is 19.9 Å². The van der Waals surface area contributed by atoms with Crippen molar-refractivity contribution in [2.75, 3.05) is 24.4 Å². The van der Waals surface area contributed by atoms with Gasteiger partial charge in [0.05, 0.1) is 24.0 Å². The number of rotatable bonds is 8. The van der Waals surface area contributed by atoms with Crippen molar-refractivity contribution < 1.29 is 28.2 Å². The number of anilines is 2. The minimum absolute atomic E-state index is 0.0190. The molecule has 9 nitrogen and oxygen atoms in total.